The fourth-order valence-corrected chi connectivity index (χ4v) is 0. The Bertz CT molecular complexity index is 58.0. The molecule has 5 heavy (non-hydrogen) atoms. The van der Waals surface area contributed by atoms with E-state index < -0.39 is 6.33 Å². The molecule has 0 aliphatic carbocycles. The van der Waals surface area contributed by atoms with Crippen molar-refractivity contribution in [2.24, 2.45) is 0 Å². The molecule has 0 aliphatic heterocycles. The molecule has 0 spiro atoms. The third-order valence-electron chi connectivity index (χ3n) is 0. The van der Waals surface area contributed by atoms with E-state index in [4.69, 9.17) is 9.13 Å². The van der Waals surface area contributed by atoms with Crippen LogP contribution in [0.2, 0.25) is 0 Å². The van der Waals surface area contributed by atoms with Gasteiger partial charge in [0.05, 0.1) is 0 Å². The molecule has 0 aromatic heterocycles. The normalized spacial score (nSPS) is 4.80. The van der Waals surface area contributed by atoms with Gasteiger partial charge in [-0.3, -0.25) is 9.13 Å². The van der Waals surface area contributed by atoms with E-state index in [1.807, 2.05) is 0 Å². The van der Waals surface area contributed by atoms with Crippen molar-refractivity contribution in [2.75, 3.05) is 0 Å². The van der Waals surface area contributed by atoms with Crippen LogP contribution in [0.25, 0.3) is 0 Å². The van der Waals surface area contributed by atoms with Crippen LogP contribution in [-0.2, 0) is 9.13 Å². The van der Waals surface area contributed by atoms with Gasteiger partial charge in [0.1, 0.15) is 0 Å². The molecule has 0 rings (SSSR count). The Morgan fingerprint density at radius 2 is 1.40 bits per heavy atom. The van der Waals surface area contributed by atoms with E-state index in [1.165, 1.54) is 0 Å². The molecule has 0 aromatic rings. The maximum absolute atomic E-state index is 9.10. The Balaban J connectivity index is 0. The average Bonchev–Trinajstić information content (AvgIpc) is 0.811. The first-order chi connectivity index (χ1) is 1.73. The number of hydrogen-bond acceptors (Lipinski definition) is 2. The fourth-order valence-electron chi connectivity index (χ4n) is 0. The van der Waals surface area contributed by atoms with Crippen LogP contribution in [-0.4, -0.2) is 61.3 Å². The van der Waals surface area contributed by atoms with E-state index in [0.717, 1.165) is 0 Å². The van der Waals surface area contributed by atoms with Crippen LogP contribution >= 0.6 is 6.33 Å². The van der Waals surface area contributed by atoms with Gasteiger partial charge in [0.15, 0.2) is 6.33 Å². The monoisotopic (exact) mass is 182 g/mol. The van der Waals surface area contributed by atoms with Gasteiger partial charge >= 0.3 is 61.3 Å². The predicted molar refractivity (Wildman–Crippen MR) is 25.4 cm³/mol. The Hall–Kier alpha value is 1.91. The molecule has 0 amide bonds. The zero-order valence-corrected chi connectivity index (χ0v) is 5.16. The van der Waals surface area contributed by atoms with Gasteiger partial charge in [-0.25, -0.2) is 0 Å². The first-order valence-corrected chi connectivity index (χ1v) is 5.12. The van der Waals surface area contributed by atoms with Gasteiger partial charge in [0.25, 0.3) is 0 Å². The molecule has 0 atom stereocenters. The summed E-state index contributed by atoms with van der Waals surface area (Å²) in [4.78, 5) is 0. The summed E-state index contributed by atoms with van der Waals surface area (Å²) in [6, 6.07) is 0. The van der Waals surface area contributed by atoms with Crippen LogP contribution in [0.15, 0.2) is 0 Å². The molecule has 0 N–H and O–H groups in total. The molecule has 26 valence electrons. The molecule has 0 radical (unpaired) electrons. The molecule has 0 saturated carbocycles. The summed E-state index contributed by atoms with van der Waals surface area (Å²) in [7, 11) is 0. The maximum atomic E-state index is 9.10. The Kier molecular flexibility index (Phi) is 11.8. The quantitative estimate of drug-likeness (QED) is 0.347. The van der Waals surface area contributed by atoms with E-state index in [1.54, 1.807) is 0 Å². The first kappa shape index (κ1) is 10.0. The predicted octanol–water partition coefficient (Wildman–Crippen LogP) is -1.21. The van der Waals surface area contributed by atoms with Gasteiger partial charge in [-0.05, 0) is 0 Å². The second kappa shape index (κ2) is 5.91. The second-order valence-electron chi connectivity index (χ2n) is 0.440. The third kappa shape index (κ3) is 24.7. The Morgan fingerprint density at radius 3 is 1.40 bits per heavy atom. The van der Waals surface area contributed by atoms with Crippen molar-refractivity contribution in [3.05, 3.63) is 0 Å². The van der Waals surface area contributed by atoms with Crippen LogP contribution in [0.5, 0.6) is 0 Å². The van der Waals surface area contributed by atoms with E-state index in [-0.39, 0.29) is 45.5 Å². The first-order valence-electron chi connectivity index (χ1n) is 0.812. The van der Waals surface area contributed by atoms with Crippen LogP contribution in [0.1, 0.15) is 0 Å². The zero-order chi connectivity index (χ0) is 3.58. The molecular formula is H4AlO2PSr. The van der Waals surface area contributed by atoms with Gasteiger partial charge < -0.3 is 0 Å². The fraction of sp³-hybridized carbons (Fsp3) is 0. The van der Waals surface area contributed by atoms with Gasteiger partial charge in [-0.2, -0.15) is 0 Å². The van der Waals surface area contributed by atoms with Crippen LogP contribution in [0, 0.1) is 0 Å². The molecular weight excluding hydrogens is 178 g/mol. The van der Waals surface area contributed by atoms with E-state index >= 15 is 0 Å². The Labute approximate surface area is 75.4 Å². The summed E-state index contributed by atoms with van der Waals surface area (Å²) in [5.41, 5.74) is 0. The molecule has 0 heterocycles. The summed E-state index contributed by atoms with van der Waals surface area (Å²) in [5, 5.41) is 0. The average molecular weight is 182 g/mol. The minimum absolute atomic E-state index is 0. The second-order valence-corrected chi connectivity index (χ2v) is 3.51. The Morgan fingerprint density at radius 1 is 1.40 bits per heavy atom. The molecule has 5 heteroatoms. The van der Waals surface area contributed by atoms with E-state index in [2.05, 4.69) is 0 Å². The number of hydrogen-bond donors (Lipinski definition) is 0. The summed E-state index contributed by atoms with van der Waals surface area (Å²) in [6.45, 7) is 0. The van der Waals surface area contributed by atoms with Crippen molar-refractivity contribution < 1.29 is 9.13 Å². The molecule has 0 aliphatic rings. The van der Waals surface area contributed by atoms with Gasteiger partial charge in [0, 0.05) is 0 Å². The standard InChI is InChI=1S/Al.O2P.Sr.4H/c;1-3-2;;;;;. The summed E-state index contributed by atoms with van der Waals surface area (Å²) < 4.78 is 18.2. The van der Waals surface area contributed by atoms with Crippen molar-refractivity contribution in [2.45, 2.75) is 0 Å². The third-order valence-corrected chi connectivity index (χ3v) is 0. The van der Waals surface area contributed by atoms with Crippen molar-refractivity contribution >= 4 is 67.7 Å². The van der Waals surface area contributed by atoms with Crippen molar-refractivity contribution in [3.8, 4) is 0 Å². The molecule has 2 nitrogen and oxygen atoms in total. The van der Waals surface area contributed by atoms with Gasteiger partial charge in [-0.1, -0.05) is 0 Å². The van der Waals surface area contributed by atoms with E-state index in [0.29, 0.717) is 15.8 Å². The molecule has 0 fully saturated rings. The van der Waals surface area contributed by atoms with Gasteiger partial charge in [0.2, 0.25) is 0 Å². The van der Waals surface area contributed by atoms with Crippen molar-refractivity contribution in [3.63, 3.8) is 0 Å². The van der Waals surface area contributed by atoms with Crippen LogP contribution < -0.4 is 0 Å². The van der Waals surface area contributed by atoms with E-state index in [9.17, 15) is 0 Å². The van der Waals surface area contributed by atoms with Crippen LogP contribution in [0.3, 0.4) is 0 Å². The van der Waals surface area contributed by atoms with Crippen molar-refractivity contribution in [1.82, 2.24) is 0 Å². The zero-order valence-electron chi connectivity index (χ0n) is 2.26. The molecule has 0 unspecified atom stereocenters. The topological polar surface area (TPSA) is 34.1 Å². The summed E-state index contributed by atoms with van der Waals surface area (Å²) in [6.07, 6.45) is -1.98. The summed E-state index contributed by atoms with van der Waals surface area (Å²) in [5.74, 6) is 0. The molecule has 0 aromatic carbocycles. The minimum atomic E-state index is -1.98. The molecule has 0 saturated heterocycles. The van der Waals surface area contributed by atoms with Crippen LogP contribution in [0.4, 0.5) is 0 Å². The number of rotatable bonds is 0. The summed E-state index contributed by atoms with van der Waals surface area (Å²) >= 11 is 0.302. The molecule has 0 bridgehead atoms. The van der Waals surface area contributed by atoms with Gasteiger partial charge in [-0.15, -0.1) is 0 Å². The van der Waals surface area contributed by atoms with Crippen molar-refractivity contribution in [1.29, 1.82) is 0 Å². The SMILES string of the molecule is O=[P](=O)[AlH2].[SrH2].